The van der Waals surface area contributed by atoms with Crippen LogP contribution in [0.15, 0.2) is 0 Å². The number of piperidine rings is 1. The average Bonchev–Trinajstić information content (AvgIpc) is 2.47. The van der Waals surface area contributed by atoms with Crippen molar-refractivity contribution in [2.75, 3.05) is 26.2 Å². The second-order valence-electron chi connectivity index (χ2n) is 5.55. The molecule has 0 aromatic carbocycles. The summed E-state index contributed by atoms with van der Waals surface area (Å²) in [6.45, 7) is 4.96. The van der Waals surface area contributed by atoms with Gasteiger partial charge in [-0.25, -0.2) is 0 Å². The molecule has 0 bridgehead atoms. The minimum absolute atomic E-state index is 0.0833. The summed E-state index contributed by atoms with van der Waals surface area (Å²) in [6.07, 6.45) is 6.07. The van der Waals surface area contributed by atoms with Crippen molar-refractivity contribution in [3.8, 4) is 0 Å². The SMILES string of the molecule is CCCCNC(=O)C1CCN(C(=O)CCCCN)CC1. The van der Waals surface area contributed by atoms with E-state index in [2.05, 4.69) is 12.2 Å². The molecule has 1 aliphatic heterocycles. The molecule has 116 valence electrons. The lowest BCUT2D eigenvalue weighted by Crippen LogP contribution is -2.43. The highest BCUT2D eigenvalue weighted by Gasteiger charge is 2.26. The first kappa shape index (κ1) is 17.0. The van der Waals surface area contributed by atoms with Crippen molar-refractivity contribution in [3.63, 3.8) is 0 Å². The van der Waals surface area contributed by atoms with E-state index in [1.54, 1.807) is 0 Å². The number of nitrogens with two attached hydrogens (primary N) is 1. The van der Waals surface area contributed by atoms with Gasteiger partial charge in [-0.05, 0) is 38.6 Å². The zero-order valence-corrected chi connectivity index (χ0v) is 12.7. The van der Waals surface area contributed by atoms with Crippen molar-refractivity contribution < 1.29 is 9.59 Å². The van der Waals surface area contributed by atoms with Crippen molar-refractivity contribution in [2.24, 2.45) is 11.7 Å². The normalized spacial score (nSPS) is 16.2. The van der Waals surface area contributed by atoms with E-state index in [1.807, 2.05) is 4.90 Å². The monoisotopic (exact) mass is 283 g/mol. The fraction of sp³-hybridized carbons (Fsp3) is 0.867. The molecule has 0 aromatic rings. The standard InChI is InChI=1S/C15H29N3O2/c1-2-3-10-17-15(20)13-7-11-18(12-8-13)14(19)6-4-5-9-16/h13H,2-12,16H2,1H3,(H,17,20). The van der Waals surface area contributed by atoms with Crippen molar-refractivity contribution in [1.29, 1.82) is 0 Å². The topological polar surface area (TPSA) is 75.4 Å². The molecule has 0 saturated carbocycles. The summed E-state index contributed by atoms with van der Waals surface area (Å²) in [5.41, 5.74) is 5.43. The Bertz CT molecular complexity index is 269. The van der Waals surface area contributed by atoms with Gasteiger partial charge in [-0.3, -0.25) is 9.59 Å². The third kappa shape index (κ3) is 5.90. The maximum absolute atomic E-state index is 11.9. The maximum Gasteiger partial charge on any atom is 0.223 e. The Labute approximate surface area is 122 Å². The Morgan fingerprint density at radius 2 is 1.90 bits per heavy atom. The molecule has 2 amide bonds. The van der Waals surface area contributed by atoms with Crippen LogP contribution in [-0.4, -0.2) is 42.9 Å². The molecular weight excluding hydrogens is 254 g/mol. The molecule has 1 heterocycles. The number of amides is 2. The number of nitrogens with zero attached hydrogens (tertiary/aromatic N) is 1. The van der Waals surface area contributed by atoms with Gasteiger partial charge in [-0.2, -0.15) is 0 Å². The predicted octanol–water partition coefficient (Wildman–Crippen LogP) is 1.27. The summed E-state index contributed by atoms with van der Waals surface area (Å²) in [4.78, 5) is 25.8. The average molecular weight is 283 g/mol. The smallest absolute Gasteiger partial charge is 0.223 e. The minimum atomic E-state index is 0.0833. The predicted molar refractivity (Wildman–Crippen MR) is 80.1 cm³/mol. The Morgan fingerprint density at radius 3 is 2.50 bits per heavy atom. The number of hydrogen-bond donors (Lipinski definition) is 2. The molecule has 1 aliphatic rings. The third-order valence-corrected chi connectivity index (χ3v) is 3.89. The van der Waals surface area contributed by atoms with Crippen LogP contribution in [0.4, 0.5) is 0 Å². The fourth-order valence-electron chi connectivity index (χ4n) is 2.50. The molecule has 1 fully saturated rings. The van der Waals surface area contributed by atoms with Crippen LogP contribution in [0.2, 0.25) is 0 Å². The molecule has 1 rings (SSSR count). The molecule has 20 heavy (non-hydrogen) atoms. The van der Waals surface area contributed by atoms with Crippen LogP contribution in [0.25, 0.3) is 0 Å². The number of likely N-dealkylation sites (tertiary alicyclic amines) is 1. The van der Waals surface area contributed by atoms with Gasteiger partial charge in [0.05, 0.1) is 0 Å². The molecule has 0 aliphatic carbocycles. The van der Waals surface area contributed by atoms with Crippen LogP contribution in [0.1, 0.15) is 51.9 Å². The molecule has 0 spiro atoms. The largest absolute Gasteiger partial charge is 0.356 e. The van der Waals surface area contributed by atoms with Crippen LogP contribution in [0, 0.1) is 5.92 Å². The van der Waals surface area contributed by atoms with E-state index in [0.717, 1.165) is 45.1 Å². The zero-order valence-electron chi connectivity index (χ0n) is 12.7. The Hall–Kier alpha value is -1.10. The van der Waals surface area contributed by atoms with E-state index in [0.29, 0.717) is 26.1 Å². The van der Waals surface area contributed by atoms with Crippen LogP contribution < -0.4 is 11.1 Å². The molecule has 0 atom stereocenters. The third-order valence-electron chi connectivity index (χ3n) is 3.89. The first-order valence-electron chi connectivity index (χ1n) is 7.94. The lowest BCUT2D eigenvalue weighted by atomic mass is 9.95. The van der Waals surface area contributed by atoms with E-state index < -0.39 is 0 Å². The summed E-state index contributed by atoms with van der Waals surface area (Å²) in [7, 11) is 0. The Kier molecular flexibility index (Phi) is 8.26. The molecule has 0 aromatic heterocycles. The van der Waals surface area contributed by atoms with E-state index in [9.17, 15) is 9.59 Å². The van der Waals surface area contributed by atoms with Gasteiger partial charge in [-0.1, -0.05) is 13.3 Å². The summed E-state index contributed by atoms with van der Waals surface area (Å²) >= 11 is 0. The molecule has 5 heteroatoms. The van der Waals surface area contributed by atoms with Gasteiger partial charge in [0, 0.05) is 32.0 Å². The van der Waals surface area contributed by atoms with Crippen molar-refractivity contribution in [2.45, 2.75) is 51.9 Å². The number of hydrogen-bond acceptors (Lipinski definition) is 3. The number of nitrogens with one attached hydrogen (secondary N) is 1. The first-order chi connectivity index (χ1) is 9.69. The minimum Gasteiger partial charge on any atom is -0.356 e. The van der Waals surface area contributed by atoms with E-state index in [1.165, 1.54) is 0 Å². The van der Waals surface area contributed by atoms with E-state index in [-0.39, 0.29) is 17.7 Å². The van der Waals surface area contributed by atoms with Crippen LogP contribution >= 0.6 is 0 Å². The van der Waals surface area contributed by atoms with Gasteiger partial charge < -0.3 is 16.0 Å². The highest BCUT2D eigenvalue weighted by atomic mass is 16.2. The van der Waals surface area contributed by atoms with Gasteiger partial charge in [0.1, 0.15) is 0 Å². The number of unbranched alkanes of at least 4 members (excludes halogenated alkanes) is 2. The summed E-state index contributed by atoms with van der Waals surface area (Å²) in [6, 6.07) is 0. The summed E-state index contributed by atoms with van der Waals surface area (Å²) in [5, 5.41) is 2.98. The molecule has 0 radical (unpaired) electrons. The molecule has 3 N–H and O–H groups in total. The second-order valence-corrected chi connectivity index (χ2v) is 5.55. The Morgan fingerprint density at radius 1 is 1.20 bits per heavy atom. The number of carbonyl (C=O) groups is 2. The van der Waals surface area contributed by atoms with Gasteiger partial charge in [-0.15, -0.1) is 0 Å². The number of rotatable bonds is 8. The fourth-order valence-corrected chi connectivity index (χ4v) is 2.50. The summed E-state index contributed by atoms with van der Waals surface area (Å²) in [5.74, 6) is 0.455. The summed E-state index contributed by atoms with van der Waals surface area (Å²) < 4.78 is 0. The molecule has 5 nitrogen and oxygen atoms in total. The van der Waals surface area contributed by atoms with Gasteiger partial charge in [0.25, 0.3) is 0 Å². The van der Waals surface area contributed by atoms with Crippen LogP contribution in [-0.2, 0) is 9.59 Å². The van der Waals surface area contributed by atoms with Crippen molar-refractivity contribution in [1.82, 2.24) is 10.2 Å². The first-order valence-corrected chi connectivity index (χ1v) is 7.94. The zero-order chi connectivity index (χ0) is 14.8. The lowest BCUT2D eigenvalue weighted by Gasteiger charge is -2.31. The van der Waals surface area contributed by atoms with Crippen molar-refractivity contribution >= 4 is 11.8 Å². The van der Waals surface area contributed by atoms with E-state index in [4.69, 9.17) is 5.73 Å². The van der Waals surface area contributed by atoms with Crippen molar-refractivity contribution in [3.05, 3.63) is 0 Å². The van der Waals surface area contributed by atoms with Gasteiger partial charge in [0.15, 0.2) is 0 Å². The molecular formula is C15H29N3O2. The van der Waals surface area contributed by atoms with Crippen LogP contribution in [0.3, 0.4) is 0 Å². The highest BCUT2D eigenvalue weighted by molar-refractivity contribution is 5.80. The quantitative estimate of drug-likeness (QED) is 0.659. The number of carbonyl (C=O) groups excluding carboxylic acids is 2. The highest BCUT2D eigenvalue weighted by Crippen LogP contribution is 2.18. The maximum atomic E-state index is 11.9. The lowest BCUT2D eigenvalue weighted by molar-refractivity contribution is -0.135. The Balaban J connectivity index is 2.21. The van der Waals surface area contributed by atoms with E-state index >= 15 is 0 Å². The second kappa shape index (κ2) is 9.75. The molecule has 0 unspecified atom stereocenters. The van der Waals surface area contributed by atoms with Gasteiger partial charge >= 0.3 is 0 Å². The van der Waals surface area contributed by atoms with Gasteiger partial charge in [0.2, 0.25) is 11.8 Å². The molecule has 1 saturated heterocycles. The van der Waals surface area contributed by atoms with Crippen LogP contribution in [0.5, 0.6) is 0 Å².